The second-order valence-corrected chi connectivity index (χ2v) is 11.3. The van der Waals surface area contributed by atoms with Gasteiger partial charge in [-0.2, -0.15) is 0 Å². The van der Waals surface area contributed by atoms with Gasteiger partial charge in [0.25, 0.3) is 0 Å². The molecule has 0 spiro atoms. The van der Waals surface area contributed by atoms with Crippen molar-refractivity contribution < 1.29 is 0 Å². The van der Waals surface area contributed by atoms with Gasteiger partial charge >= 0.3 is 0 Å². The highest BCUT2D eigenvalue weighted by Crippen LogP contribution is 2.43. The monoisotopic (exact) mass is 560 g/mol. The van der Waals surface area contributed by atoms with E-state index in [1.54, 1.807) is 0 Å². The summed E-state index contributed by atoms with van der Waals surface area (Å²) in [5, 5.41) is 5.03. The highest BCUT2D eigenvalue weighted by atomic mass is 15.0. The van der Waals surface area contributed by atoms with Gasteiger partial charge < -0.3 is 9.13 Å². The van der Waals surface area contributed by atoms with Crippen LogP contribution < -0.4 is 0 Å². The van der Waals surface area contributed by atoms with Crippen molar-refractivity contribution in [3.8, 4) is 33.6 Å². The Hall–Kier alpha value is -5.86. The Bertz CT molecular complexity index is 2480. The lowest BCUT2D eigenvalue weighted by atomic mass is 9.99. The first-order valence-electron chi connectivity index (χ1n) is 15.1. The number of benzene rings is 7. The van der Waals surface area contributed by atoms with E-state index < -0.39 is 0 Å². The van der Waals surface area contributed by atoms with Crippen molar-refractivity contribution in [2.24, 2.45) is 0 Å². The molecule has 0 aliphatic carbocycles. The second kappa shape index (κ2) is 9.86. The molecule has 44 heavy (non-hydrogen) atoms. The van der Waals surface area contributed by atoms with Crippen molar-refractivity contribution >= 4 is 43.6 Å². The molecule has 0 unspecified atom stereocenters. The van der Waals surface area contributed by atoms with E-state index in [0.29, 0.717) is 0 Å². The largest absolute Gasteiger partial charge is 0.309 e. The Balaban J connectivity index is 1.41. The van der Waals surface area contributed by atoms with Crippen LogP contribution in [0.4, 0.5) is 0 Å². The molecule has 0 aliphatic rings. The zero-order chi connectivity index (χ0) is 29.0. The molecule has 0 amide bonds. The Labute approximate surface area is 255 Å². The van der Waals surface area contributed by atoms with Crippen molar-refractivity contribution in [2.75, 3.05) is 0 Å². The molecule has 9 rings (SSSR count). The standard InChI is InChI=1S/C42H28N2/c1-3-15-29(16-4-1)31-19-7-10-23-35(31)43-37-25-12-9-21-34(37)42-39(43)27-14-28-40(42)44-36-24-11-8-20-33(36)41-32(22-13-26-38(41)44)30-17-5-2-6-18-30/h1-28H. The Morgan fingerprint density at radius 1 is 0.273 bits per heavy atom. The van der Waals surface area contributed by atoms with Crippen LogP contribution >= 0.6 is 0 Å². The first kappa shape index (κ1) is 24.7. The maximum Gasteiger partial charge on any atom is 0.0562 e. The minimum atomic E-state index is 1.18. The fraction of sp³-hybridized carbons (Fsp3) is 0. The van der Waals surface area contributed by atoms with Gasteiger partial charge in [0.1, 0.15) is 0 Å². The average molecular weight is 561 g/mol. The maximum atomic E-state index is 2.47. The zero-order valence-electron chi connectivity index (χ0n) is 24.1. The van der Waals surface area contributed by atoms with Gasteiger partial charge in [-0.1, -0.05) is 133 Å². The fourth-order valence-corrected chi connectivity index (χ4v) is 7.11. The predicted molar refractivity (Wildman–Crippen MR) is 186 cm³/mol. The third-order valence-corrected chi connectivity index (χ3v) is 8.93. The second-order valence-electron chi connectivity index (χ2n) is 11.3. The molecule has 0 saturated heterocycles. The lowest BCUT2D eigenvalue weighted by Gasteiger charge is -2.15. The summed E-state index contributed by atoms with van der Waals surface area (Å²) in [6, 6.07) is 61.3. The number of hydrogen-bond donors (Lipinski definition) is 0. The Morgan fingerprint density at radius 3 is 1.41 bits per heavy atom. The number of hydrogen-bond acceptors (Lipinski definition) is 0. The average Bonchev–Trinajstić information content (AvgIpc) is 3.62. The topological polar surface area (TPSA) is 9.86 Å². The first-order chi connectivity index (χ1) is 21.9. The normalized spacial score (nSPS) is 11.6. The van der Waals surface area contributed by atoms with E-state index in [9.17, 15) is 0 Å². The van der Waals surface area contributed by atoms with Crippen molar-refractivity contribution in [3.63, 3.8) is 0 Å². The molecule has 7 aromatic carbocycles. The molecule has 2 aromatic heterocycles. The Morgan fingerprint density at radius 2 is 0.705 bits per heavy atom. The molecule has 0 N–H and O–H groups in total. The van der Waals surface area contributed by atoms with E-state index in [1.807, 2.05) is 0 Å². The molecular weight excluding hydrogens is 532 g/mol. The molecule has 0 atom stereocenters. The molecule has 0 saturated carbocycles. The van der Waals surface area contributed by atoms with Gasteiger partial charge in [-0.05, 0) is 53.1 Å². The van der Waals surface area contributed by atoms with E-state index in [1.165, 1.54) is 77.2 Å². The summed E-state index contributed by atoms with van der Waals surface area (Å²) in [5.74, 6) is 0. The maximum absolute atomic E-state index is 2.47. The van der Waals surface area contributed by atoms with E-state index in [2.05, 4.69) is 179 Å². The van der Waals surface area contributed by atoms with E-state index in [0.717, 1.165) is 0 Å². The summed E-state index contributed by atoms with van der Waals surface area (Å²) < 4.78 is 4.92. The highest BCUT2D eigenvalue weighted by Gasteiger charge is 2.21. The van der Waals surface area contributed by atoms with Gasteiger partial charge in [-0.3, -0.25) is 0 Å². The van der Waals surface area contributed by atoms with Crippen LogP contribution in [-0.2, 0) is 0 Å². The number of fused-ring (bicyclic) bond motifs is 6. The van der Waals surface area contributed by atoms with Gasteiger partial charge in [0.2, 0.25) is 0 Å². The molecule has 2 nitrogen and oxygen atoms in total. The minimum Gasteiger partial charge on any atom is -0.309 e. The zero-order valence-corrected chi connectivity index (χ0v) is 24.1. The van der Waals surface area contributed by atoms with Crippen LogP contribution in [0.3, 0.4) is 0 Å². The number of nitrogens with zero attached hydrogens (tertiary/aromatic N) is 2. The summed E-state index contributed by atoms with van der Waals surface area (Å²) in [6.45, 7) is 0. The quantitative estimate of drug-likeness (QED) is 0.203. The summed E-state index contributed by atoms with van der Waals surface area (Å²) in [5.41, 5.74) is 12.1. The molecule has 206 valence electrons. The Kier molecular flexibility index (Phi) is 5.54. The molecule has 9 aromatic rings. The highest BCUT2D eigenvalue weighted by molar-refractivity contribution is 6.19. The summed E-state index contributed by atoms with van der Waals surface area (Å²) in [6.07, 6.45) is 0. The molecular formula is C42H28N2. The van der Waals surface area contributed by atoms with Gasteiger partial charge in [0.05, 0.1) is 33.4 Å². The van der Waals surface area contributed by atoms with Crippen LogP contribution in [0.2, 0.25) is 0 Å². The van der Waals surface area contributed by atoms with Crippen LogP contribution in [0, 0.1) is 0 Å². The molecule has 0 radical (unpaired) electrons. The van der Waals surface area contributed by atoms with Crippen molar-refractivity contribution in [2.45, 2.75) is 0 Å². The van der Waals surface area contributed by atoms with Crippen LogP contribution in [0.5, 0.6) is 0 Å². The van der Waals surface area contributed by atoms with Crippen molar-refractivity contribution in [3.05, 3.63) is 170 Å². The number of aromatic nitrogens is 2. The molecule has 2 heteroatoms. The SMILES string of the molecule is c1ccc(-c2ccccc2-n2c3ccccc3c3c(-n4c5ccccc5c5c(-c6ccccc6)cccc54)cccc32)cc1. The lowest BCUT2D eigenvalue weighted by Crippen LogP contribution is -1.98. The molecule has 0 fully saturated rings. The first-order valence-corrected chi connectivity index (χ1v) is 15.1. The molecule has 0 aliphatic heterocycles. The number of para-hydroxylation sites is 3. The predicted octanol–water partition coefficient (Wildman–Crippen LogP) is 11.2. The number of rotatable bonds is 4. The van der Waals surface area contributed by atoms with Gasteiger partial charge in [0.15, 0.2) is 0 Å². The van der Waals surface area contributed by atoms with Gasteiger partial charge in [-0.15, -0.1) is 0 Å². The molecule has 2 heterocycles. The smallest absolute Gasteiger partial charge is 0.0562 e. The van der Waals surface area contributed by atoms with Crippen LogP contribution in [-0.4, -0.2) is 9.13 Å². The van der Waals surface area contributed by atoms with E-state index in [-0.39, 0.29) is 0 Å². The van der Waals surface area contributed by atoms with Gasteiger partial charge in [-0.25, -0.2) is 0 Å². The fourth-order valence-electron chi connectivity index (χ4n) is 7.11. The van der Waals surface area contributed by atoms with Crippen molar-refractivity contribution in [1.29, 1.82) is 0 Å². The summed E-state index contributed by atoms with van der Waals surface area (Å²) in [4.78, 5) is 0. The van der Waals surface area contributed by atoms with E-state index >= 15 is 0 Å². The summed E-state index contributed by atoms with van der Waals surface area (Å²) in [7, 11) is 0. The van der Waals surface area contributed by atoms with Crippen molar-refractivity contribution in [1.82, 2.24) is 9.13 Å². The van der Waals surface area contributed by atoms with Crippen LogP contribution in [0.25, 0.3) is 77.2 Å². The summed E-state index contributed by atoms with van der Waals surface area (Å²) >= 11 is 0. The lowest BCUT2D eigenvalue weighted by molar-refractivity contribution is 1.17. The van der Waals surface area contributed by atoms with Gasteiger partial charge in [0, 0.05) is 27.1 Å². The van der Waals surface area contributed by atoms with Crippen LogP contribution in [0.15, 0.2) is 170 Å². The molecule has 0 bridgehead atoms. The van der Waals surface area contributed by atoms with E-state index in [4.69, 9.17) is 0 Å². The minimum absolute atomic E-state index is 1.18. The third kappa shape index (κ3) is 3.61. The van der Waals surface area contributed by atoms with Crippen LogP contribution in [0.1, 0.15) is 0 Å². The third-order valence-electron chi connectivity index (χ3n) is 8.93.